The molecule has 0 saturated carbocycles. The van der Waals surface area contributed by atoms with Crippen LogP contribution < -0.4 is 11.3 Å². The van der Waals surface area contributed by atoms with Crippen molar-refractivity contribution in [2.75, 3.05) is 18.8 Å². The van der Waals surface area contributed by atoms with Crippen molar-refractivity contribution in [2.45, 2.75) is 19.8 Å². The van der Waals surface area contributed by atoms with Crippen LogP contribution in [0, 0.1) is 5.92 Å². The second-order valence-corrected chi connectivity index (χ2v) is 5.86. The molecule has 6 nitrogen and oxygen atoms in total. The highest BCUT2D eigenvalue weighted by atomic mass is 32.2. The van der Waals surface area contributed by atoms with Crippen LogP contribution in [0.15, 0.2) is 0 Å². The van der Waals surface area contributed by atoms with Gasteiger partial charge in [-0.15, -0.1) is 0 Å². The molecule has 1 saturated heterocycles. The van der Waals surface area contributed by atoms with Gasteiger partial charge >= 0.3 is 0 Å². The molecule has 1 fully saturated rings. The largest absolute Gasteiger partial charge is 0.294 e. The zero-order valence-corrected chi connectivity index (χ0v) is 9.59. The Kier molecular flexibility index (Phi) is 4.06. The van der Waals surface area contributed by atoms with E-state index in [0.717, 1.165) is 0 Å². The third-order valence-electron chi connectivity index (χ3n) is 2.66. The van der Waals surface area contributed by atoms with Crippen LogP contribution in [0.1, 0.15) is 19.8 Å². The summed E-state index contributed by atoms with van der Waals surface area (Å²) in [7, 11) is -3.18. The minimum Gasteiger partial charge on any atom is -0.294 e. The van der Waals surface area contributed by atoms with Crippen molar-refractivity contribution < 1.29 is 13.2 Å². The number of carbonyl (C=O) groups is 1. The molecule has 0 aromatic rings. The number of rotatable bonds is 3. The molecular weight excluding hydrogens is 218 g/mol. The number of hydrogen-bond donors (Lipinski definition) is 2. The van der Waals surface area contributed by atoms with E-state index in [2.05, 4.69) is 5.43 Å². The Morgan fingerprint density at radius 2 is 2.27 bits per heavy atom. The van der Waals surface area contributed by atoms with Crippen LogP contribution in [-0.2, 0) is 14.8 Å². The summed E-state index contributed by atoms with van der Waals surface area (Å²) in [5, 5.41) is 0. The fraction of sp³-hybridized carbons (Fsp3) is 0.875. The summed E-state index contributed by atoms with van der Waals surface area (Å²) >= 11 is 0. The predicted molar refractivity (Wildman–Crippen MR) is 56.1 cm³/mol. The number of hydrogen-bond acceptors (Lipinski definition) is 4. The van der Waals surface area contributed by atoms with E-state index >= 15 is 0 Å². The molecular formula is C8H17N3O3S. The van der Waals surface area contributed by atoms with Gasteiger partial charge in [-0.2, -0.15) is 0 Å². The van der Waals surface area contributed by atoms with E-state index in [9.17, 15) is 13.2 Å². The smallest absolute Gasteiger partial charge is 0.238 e. The van der Waals surface area contributed by atoms with Gasteiger partial charge in [-0.3, -0.25) is 10.2 Å². The highest BCUT2D eigenvalue weighted by molar-refractivity contribution is 7.89. The van der Waals surface area contributed by atoms with E-state index in [1.807, 2.05) is 0 Å². The molecule has 0 unspecified atom stereocenters. The first-order chi connectivity index (χ1) is 7.01. The molecule has 3 N–H and O–H groups in total. The predicted octanol–water partition coefficient (Wildman–Crippen LogP) is -0.962. The molecule has 0 aliphatic carbocycles. The number of sulfonamides is 1. The molecule has 0 aromatic heterocycles. The van der Waals surface area contributed by atoms with Crippen molar-refractivity contribution >= 4 is 15.9 Å². The molecule has 1 aliphatic rings. The number of nitrogens with two attached hydrogens (primary N) is 1. The normalized spacial score (nSPS) is 23.7. The lowest BCUT2D eigenvalue weighted by Crippen LogP contribution is -2.47. The van der Waals surface area contributed by atoms with Crippen molar-refractivity contribution in [3.8, 4) is 0 Å². The highest BCUT2D eigenvalue weighted by Crippen LogP contribution is 2.19. The average molecular weight is 235 g/mol. The summed E-state index contributed by atoms with van der Waals surface area (Å²) in [5.41, 5.74) is 2.06. The number of nitrogens with zero attached hydrogens (tertiary/aromatic N) is 1. The molecule has 1 heterocycles. The van der Waals surface area contributed by atoms with E-state index in [1.54, 1.807) is 6.92 Å². The maximum atomic E-state index is 11.6. The van der Waals surface area contributed by atoms with Gasteiger partial charge in [0.05, 0.1) is 11.7 Å². The van der Waals surface area contributed by atoms with Crippen molar-refractivity contribution in [3.63, 3.8) is 0 Å². The van der Waals surface area contributed by atoms with Gasteiger partial charge in [0.2, 0.25) is 15.9 Å². The summed E-state index contributed by atoms with van der Waals surface area (Å²) < 4.78 is 24.5. The molecule has 1 aliphatic heterocycles. The molecule has 88 valence electrons. The topological polar surface area (TPSA) is 92.5 Å². The maximum Gasteiger partial charge on any atom is 0.238 e. The van der Waals surface area contributed by atoms with Crippen molar-refractivity contribution in [1.29, 1.82) is 0 Å². The fourth-order valence-corrected chi connectivity index (χ4v) is 2.89. The van der Waals surface area contributed by atoms with Gasteiger partial charge < -0.3 is 0 Å². The minimum absolute atomic E-state index is 0.0734. The number of carbonyl (C=O) groups excluding carboxylic acids is 1. The molecule has 1 atom stereocenters. The Hall–Kier alpha value is -0.660. The third kappa shape index (κ3) is 2.90. The van der Waals surface area contributed by atoms with E-state index in [0.29, 0.717) is 19.4 Å². The van der Waals surface area contributed by atoms with Gasteiger partial charge in [0.15, 0.2) is 0 Å². The molecule has 1 amide bonds. The SMILES string of the molecule is CCS(=O)(=O)N1CCC[C@@H](C(=O)NN)C1. The summed E-state index contributed by atoms with van der Waals surface area (Å²) in [6.07, 6.45) is 1.40. The first-order valence-corrected chi connectivity index (χ1v) is 6.60. The number of hydrazine groups is 1. The number of amides is 1. The molecule has 15 heavy (non-hydrogen) atoms. The summed E-state index contributed by atoms with van der Waals surface area (Å²) in [4.78, 5) is 11.3. The van der Waals surface area contributed by atoms with E-state index in [-0.39, 0.29) is 24.1 Å². The van der Waals surface area contributed by atoms with E-state index < -0.39 is 10.0 Å². The fourth-order valence-electron chi connectivity index (χ4n) is 1.71. The van der Waals surface area contributed by atoms with Gasteiger partial charge in [-0.1, -0.05) is 0 Å². The van der Waals surface area contributed by atoms with Crippen LogP contribution in [0.3, 0.4) is 0 Å². The van der Waals surface area contributed by atoms with Crippen LogP contribution in [0.2, 0.25) is 0 Å². The summed E-state index contributed by atoms with van der Waals surface area (Å²) in [6.45, 7) is 2.35. The van der Waals surface area contributed by atoms with Gasteiger partial charge in [0.1, 0.15) is 0 Å². The zero-order chi connectivity index (χ0) is 11.5. The molecule has 0 spiro atoms. The Morgan fingerprint density at radius 3 is 2.80 bits per heavy atom. The van der Waals surface area contributed by atoms with Gasteiger partial charge in [-0.25, -0.2) is 18.6 Å². The lowest BCUT2D eigenvalue weighted by molar-refractivity contribution is -0.126. The van der Waals surface area contributed by atoms with Crippen LogP contribution in [-0.4, -0.2) is 37.5 Å². The highest BCUT2D eigenvalue weighted by Gasteiger charge is 2.30. The second kappa shape index (κ2) is 4.91. The van der Waals surface area contributed by atoms with Gasteiger partial charge in [0.25, 0.3) is 0 Å². The lowest BCUT2D eigenvalue weighted by Gasteiger charge is -2.30. The quantitative estimate of drug-likeness (QED) is 0.374. The van der Waals surface area contributed by atoms with Gasteiger partial charge in [0, 0.05) is 13.1 Å². The Morgan fingerprint density at radius 1 is 1.60 bits per heavy atom. The number of piperidine rings is 1. The number of nitrogens with one attached hydrogen (secondary N) is 1. The standard InChI is InChI=1S/C8H17N3O3S/c1-2-15(13,14)11-5-3-4-7(6-11)8(12)10-9/h7H,2-6,9H2,1H3,(H,10,12)/t7-/m1/s1. The van der Waals surface area contributed by atoms with Crippen LogP contribution >= 0.6 is 0 Å². The summed E-state index contributed by atoms with van der Waals surface area (Å²) in [6, 6.07) is 0. The summed E-state index contributed by atoms with van der Waals surface area (Å²) in [5.74, 6) is 4.49. The molecule has 7 heteroatoms. The molecule has 0 bridgehead atoms. The maximum absolute atomic E-state index is 11.6. The van der Waals surface area contributed by atoms with Crippen molar-refractivity contribution in [2.24, 2.45) is 11.8 Å². The van der Waals surface area contributed by atoms with Gasteiger partial charge in [-0.05, 0) is 19.8 Å². The first-order valence-electron chi connectivity index (χ1n) is 4.99. The second-order valence-electron chi connectivity index (χ2n) is 3.61. The van der Waals surface area contributed by atoms with E-state index in [1.165, 1.54) is 4.31 Å². The first kappa shape index (κ1) is 12.4. The average Bonchev–Trinajstić information content (AvgIpc) is 2.28. The van der Waals surface area contributed by atoms with Crippen LogP contribution in [0.4, 0.5) is 0 Å². The van der Waals surface area contributed by atoms with Crippen molar-refractivity contribution in [3.05, 3.63) is 0 Å². The third-order valence-corrected chi connectivity index (χ3v) is 4.50. The van der Waals surface area contributed by atoms with Crippen LogP contribution in [0.5, 0.6) is 0 Å². The van der Waals surface area contributed by atoms with Crippen molar-refractivity contribution in [1.82, 2.24) is 9.73 Å². The minimum atomic E-state index is -3.18. The zero-order valence-electron chi connectivity index (χ0n) is 8.77. The Bertz CT molecular complexity index is 328. The van der Waals surface area contributed by atoms with Crippen LogP contribution in [0.25, 0.3) is 0 Å². The molecule has 0 aromatic carbocycles. The Labute approximate surface area is 89.8 Å². The van der Waals surface area contributed by atoms with E-state index in [4.69, 9.17) is 5.84 Å². The molecule has 0 radical (unpaired) electrons. The Balaban J connectivity index is 2.68. The lowest BCUT2D eigenvalue weighted by atomic mass is 9.99. The molecule has 1 rings (SSSR count). The monoisotopic (exact) mass is 235 g/mol.